The molecule has 1 heterocycles. The van der Waals surface area contributed by atoms with E-state index in [1.807, 2.05) is 30.3 Å². The fourth-order valence-electron chi connectivity index (χ4n) is 2.46. The highest BCUT2D eigenvalue weighted by atomic mass is 79.9. The van der Waals surface area contributed by atoms with Crippen molar-refractivity contribution in [2.45, 2.75) is 19.8 Å². The number of aromatic nitrogens is 2. The van der Waals surface area contributed by atoms with Crippen molar-refractivity contribution >= 4 is 48.6 Å². The van der Waals surface area contributed by atoms with Crippen LogP contribution >= 0.6 is 31.9 Å². The second kappa shape index (κ2) is 5.81. The van der Waals surface area contributed by atoms with Gasteiger partial charge in [0.25, 0.3) is 0 Å². The lowest BCUT2D eigenvalue weighted by molar-refractivity contribution is 0.817. The molecule has 1 aromatic heterocycles. The van der Waals surface area contributed by atoms with Crippen molar-refractivity contribution in [1.82, 2.24) is 9.55 Å². The first kappa shape index (κ1) is 14.6. The van der Waals surface area contributed by atoms with Crippen molar-refractivity contribution in [1.29, 1.82) is 0 Å². The molecule has 5 heteroatoms. The Morgan fingerprint density at radius 1 is 1.14 bits per heavy atom. The first-order chi connectivity index (χ1) is 10.1. The minimum absolute atomic E-state index is 0.739. The molecule has 2 aromatic carbocycles. The van der Waals surface area contributed by atoms with Crippen LogP contribution < -0.4 is 5.73 Å². The summed E-state index contributed by atoms with van der Waals surface area (Å²) in [6.07, 6.45) is 1.97. The average molecular weight is 409 g/mol. The van der Waals surface area contributed by atoms with Gasteiger partial charge in [-0.3, -0.25) is 4.57 Å². The average Bonchev–Trinajstić information content (AvgIpc) is 2.79. The molecule has 108 valence electrons. The second-order valence-electron chi connectivity index (χ2n) is 4.96. The summed E-state index contributed by atoms with van der Waals surface area (Å²) in [5.74, 6) is 1.05. The highest BCUT2D eigenvalue weighted by Crippen LogP contribution is 2.30. The Morgan fingerprint density at radius 2 is 1.95 bits per heavy atom. The molecule has 0 amide bonds. The van der Waals surface area contributed by atoms with Crippen LogP contribution in [-0.2, 0) is 6.42 Å². The predicted molar refractivity (Wildman–Crippen MR) is 94.9 cm³/mol. The van der Waals surface area contributed by atoms with Gasteiger partial charge in [-0.2, -0.15) is 0 Å². The van der Waals surface area contributed by atoms with Gasteiger partial charge in [0.15, 0.2) is 0 Å². The molecule has 0 saturated heterocycles. The molecular weight excluding hydrogens is 394 g/mol. The molecule has 0 aliphatic rings. The zero-order chi connectivity index (χ0) is 15.0. The van der Waals surface area contributed by atoms with E-state index in [1.165, 1.54) is 0 Å². The van der Waals surface area contributed by atoms with E-state index in [9.17, 15) is 0 Å². The Morgan fingerprint density at radius 3 is 2.71 bits per heavy atom. The van der Waals surface area contributed by atoms with Crippen LogP contribution in [0.3, 0.4) is 0 Å². The number of nitrogen functional groups attached to an aromatic ring is 1. The van der Waals surface area contributed by atoms with Crippen LogP contribution in [-0.4, -0.2) is 9.55 Å². The quantitative estimate of drug-likeness (QED) is 0.613. The number of hydrogen-bond donors (Lipinski definition) is 1. The summed E-state index contributed by atoms with van der Waals surface area (Å²) in [7, 11) is 0. The topological polar surface area (TPSA) is 43.8 Å². The molecule has 0 spiro atoms. The number of imidazole rings is 1. The Bertz CT molecular complexity index is 809. The molecule has 0 fully saturated rings. The van der Waals surface area contributed by atoms with Crippen LogP contribution in [0.1, 0.15) is 19.2 Å². The highest BCUT2D eigenvalue weighted by molar-refractivity contribution is 9.11. The number of benzene rings is 2. The molecular formula is C16H15Br2N3. The first-order valence-electron chi connectivity index (χ1n) is 6.82. The summed E-state index contributed by atoms with van der Waals surface area (Å²) in [5.41, 5.74) is 9.72. The third-order valence-corrected chi connectivity index (χ3v) is 4.53. The van der Waals surface area contributed by atoms with Crippen molar-refractivity contribution in [2.24, 2.45) is 0 Å². The Labute approximate surface area is 140 Å². The van der Waals surface area contributed by atoms with Crippen LogP contribution in [0.15, 0.2) is 45.3 Å². The number of halogens is 2. The summed E-state index contributed by atoms with van der Waals surface area (Å²) >= 11 is 7.19. The van der Waals surface area contributed by atoms with Crippen LogP contribution in [0.4, 0.5) is 5.69 Å². The Hall–Kier alpha value is -1.33. The van der Waals surface area contributed by atoms with E-state index in [2.05, 4.69) is 49.4 Å². The van der Waals surface area contributed by atoms with Gasteiger partial charge in [0.05, 0.1) is 16.7 Å². The molecule has 3 nitrogen and oxygen atoms in total. The number of rotatable bonds is 3. The molecule has 0 unspecified atom stereocenters. The summed E-state index contributed by atoms with van der Waals surface area (Å²) in [4.78, 5) is 4.76. The van der Waals surface area contributed by atoms with Gasteiger partial charge in [0.1, 0.15) is 5.82 Å². The molecule has 0 atom stereocenters. The maximum absolute atomic E-state index is 5.88. The Kier molecular flexibility index (Phi) is 4.04. The van der Waals surface area contributed by atoms with E-state index in [0.717, 1.165) is 50.0 Å². The van der Waals surface area contributed by atoms with E-state index >= 15 is 0 Å². The van der Waals surface area contributed by atoms with Gasteiger partial charge in [0.2, 0.25) is 0 Å². The number of aryl methyl sites for hydroxylation is 1. The normalized spacial score (nSPS) is 11.2. The summed E-state index contributed by atoms with van der Waals surface area (Å²) in [6.45, 7) is 2.16. The van der Waals surface area contributed by atoms with Crippen molar-refractivity contribution in [3.05, 3.63) is 51.2 Å². The van der Waals surface area contributed by atoms with E-state index in [0.29, 0.717) is 0 Å². The Balaban J connectivity index is 2.33. The number of nitrogens with two attached hydrogens (primary N) is 1. The first-order valence-corrected chi connectivity index (χ1v) is 8.41. The van der Waals surface area contributed by atoms with Crippen LogP contribution in [0, 0.1) is 0 Å². The largest absolute Gasteiger partial charge is 0.399 e. The van der Waals surface area contributed by atoms with Gasteiger partial charge in [0, 0.05) is 21.1 Å². The third kappa shape index (κ3) is 2.72. The summed E-state index contributed by atoms with van der Waals surface area (Å²) in [5, 5.41) is 0. The molecule has 21 heavy (non-hydrogen) atoms. The fourth-order valence-corrected chi connectivity index (χ4v) is 3.24. The van der Waals surface area contributed by atoms with Gasteiger partial charge in [-0.05, 0) is 58.7 Å². The van der Waals surface area contributed by atoms with E-state index < -0.39 is 0 Å². The van der Waals surface area contributed by atoms with Gasteiger partial charge in [-0.15, -0.1) is 0 Å². The third-order valence-electron chi connectivity index (χ3n) is 3.37. The number of fused-ring (bicyclic) bond motifs is 1. The standard InChI is InChI=1S/C16H15Br2N3/c1-2-3-16-20-13-9-11(19)5-7-14(13)21(16)15-8-10(17)4-6-12(15)18/h4-9H,2-3,19H2,1H3. The lowest BCUT2D eigenvalue weighted by Gasteiger charge is -2.11. The minimum atomic E-state index is 0.739. The summed E-state index contributed by atoms with van der Waals surface area (Å²) in [6, 6.07) is 12.0. The van der Waals surface area contributed by atoms with Gasteiger partial charge < -0.3 is 5.73 Å². The molecule has 0 bridgehead atoms. The molecule has 0 aliphatic carbocycles. The molecule has 0 aliphatic heterocycles. The predicted octanol–water partition coefficient (Wildman–Crippen LogP) is 5.09. The molecule has 3 aromatic rings. The van der Waals surface area contributed by atoms with Gasteiger partial charge in [-0.25, -0.2) is 4.98 Å². The zero-order valence-corrected chi connectivity index (χ0v) is 14.8. The van der Waals surface area contributed by atoms with Crippen LogP contribution in [0.25, 0.3) is 16.7 Å². The maximum atomic E-state index is 5.88. The lowest BCUT2D eigenvalue weighted by Crippen LogP contribution is -2.02. The zero-order valence-electron chi connectivity index (χ0n) is 11.6. The van der Waals surface area contributed by atoms with Crippen LogP contribution in [0.2, 0.25) is 0 Å². The van der Waals surface area contributed by atoms with Gasteiger partial charge >= 0.3 is 0 Å². The van der Waals surface area contributed by atoms with Crippen molar-refractivity contribution < 1.29 is 0 Å². The van der Waals surface area contributed by atoms with E-state index in [4.69, 9.17) is 10.7 Å². The van der Waals surface area contributed by atoms with E-state index in [1.54, 1.807) is 0 Å². The summed E-state index contributed by atoms with van der Waals surface area (Å²) < 4.78 is 4.28. The van der Waals surface area contributed by atoms with Gasteiger partial charge in [-0.1, -0.05) is 22.9 Å². The smallest absolute Gasteiger partial charge is 0.114 e. The SMILES string of the molecule is CCCc1nc2cc(N)ccc2n1-c1cc(Br)ccc1Br. The second-order valence-corrected chi connectivity index (χ2v) is 6.73. The fraction of sp³-hybridized carbons (Fsp3) is 0.188. The number of nitrogens with zero attached hydrogens (tertiary/aromatic N) is 2. The molecule has 2 N–H and O–H groups in total. The van der Waals surface area contributed by atoms with Crippen LogP contribution in [0.5, 0.6) is 0 Å². The highest BCUT2D eigenvalue weighted by Gasteiger charge is 2.14. The lowest BCUT2D eigenvalue weighted by atomic mass is 10.2. The van der Waals surface area contributed by atoms with Crippen molar-refractivity contribution in [3.8, 4) is 5.69 Å². The van der Waals surface area contributed by atoms with E-state index in [-0.39, 0.29) is 0 Å². The molecule has 3 rings (SSSR count). The minimum Gasteiger partial charge on any atom is -0.399 e. The maximum Gasteiger partial charge on any atom is 0.114 e. The van der Waals surface area contributed by atoms with Crippen molar-refractivity contribution in [3.63, 3.8) is 0 Å². The number of anilines is 1. The molecule has 0 radical (unpaired) electrons. The monoisotopic (exact) mass is 407 g/mol. The molecule has 0 saturated carbocycles. The van der Waals surface area contributed by atoms with Crippen molar-refractivity contribution in [2.75, 3.05) is 5.73 Å². The number of hydrogen-bond acceptors (Lipinski definition) is 2.